The van der Waals surface area contributed by atoms with Gasteiger partial charge in [-0.05, 0) is 30.0 Å². The summed E-state index contributed by atoms with van der Waals surface area (Å²) in [5, 5.41) is 0. The van der Waals surface area contributed by atoms with E-state index in [-0.39, 0.29) is 0 Å². The Kier molecular flexibility index (Phi) is 3.81. The second kappa shape index (κ2) is 5.13. The van der Waals surface area contributed by atoms with Crippen LogP contribution in [-0.4, -0.2) is 18.0 Å². The Hall–Kier alpha value is -0.340. The van der Waals surface area contributed by atoms with Gasteiger partial charge in [0, 0.05) is 24.1 Å². The van der Waals surface area contributed by atoms with Crippen LogP contribution in [0.15, 0.2) is 28.7 Å². The van der Waals surface area contributed by atoms with Gasteiger partial charge in [-0.3, -0.25) is 4.90 Å². The van der Waals surface area contributed by atoms with Crippen molar-refractivity contribution in [3.05, 3.63) is 34.3 Å². The summed E-state index contributed by atoms with van der Waals surface area (Å²) < 4.78 is 1.17. The van der Waals surface area contributed by atoms with Gasteiger partial charge in [0.15, 0.2) is 0 Å². The van der Waals surface area contributed by atoms with Crippen molar-refractivity contribution in [1.29, 1.82) is 0 Å². The van der Waals surface area contributed by atoms with Crippen molar-refractivity contribution < 1.29 is 0 Å². The van der Waals surface area contributed by atoms with Crippen LogP contribution in [0.3, 0.4) is 0 Å². The van der Waals surface area contributed by atoms with E-state index in [4.69, 9.17) is 0 Å². The number of likely N-dealkylation sites (tertiary alicyclic amines) is 1. The van der Waals surface area contributed by atoms with Gasteiger partial charge < -0.3 is 0 Å². The number of rotatable bonds is 4. The first-order valence-corrected chi connectivity index (χ1v) is 6.54. The molecule has 0 aliphatic carbocycles. The van der Waals surface area contributed by atoms with Crippen molar-refractivity contribution in [1.82, 2.24) is 4.90 Å². The lowest BCUT2D eigenvalue weighted by molar-refractivity contribution is 0.0860. The molecule has 1 fully saturated rings. The van der Waals surface area contributed by atoms with Gasteiger partial charge in [0.25, 0.3) is 0 Å². The lowest BCUT2D eigenvalue weighted by atomic mass is 9.94. The van der Waals surface area contributed by atoms with E-state index < -0.39 is 0 Å². The highest BCUT2D eigenvalue weighted by atomic mass is 79.9. The summed E-state index contributed by atoms with van der Waals surface area (Å²) >= 11 is 3.46. The molecule has 1 aliphatic rings. The Morgan fingerprint density at radius 3 is 2.53 bits per heavy atom. The molecule has 1 heterocycles. The average molecular weight is 268 g/mol. The number of hydrogen-bond donors (Lipinski definition) is 0. The third kappa shape index (κ3) is 3.05. The van der Waals surface area contributed by atoms with Gasteiger partial charge in [-0.15, -0.1) is 0 Å². The first-order chi connectivity index (χ1) is 7.28. The molecule has 0 atom stereocenters. The molecule has 0 bridgehead atoms. The zero-order chi connectivity index (χ0) is 10.7. The topological polar surface area (TPSA) is 3.24 Å². The van der Waals surface area contributed by atoms with Crippen LogP contribution in [0.2, 0.25) is 0 Å². The Bertz CT molecular complexity index is 301. The molecule has 1 nitrogen and oxygen atoms in total. The molecule has 2 heteroatoms. The highest BCUT2D eigenvalue weighted by Crippen LogP contribution is 2.22. The smallest absolute Gasteiger partial charge is 0.0233 e. The van der Waals surface area contributed by atoms with E-state index in [1.165, 1.54) is 36.0 Å². The van der Waals surface area contributed by atoms with Crippen LogP contribution >= 0.6 is 15.9 Å². The quantitative estimate of drug-likeness (QED) is 0.805. The molecular formula is C13H18BrN. The first kappa shape index (κ1) is 11.2. The fraction of sp³-hybridized carbons (Fsp3) is 0.538. The van der Waals surface area contributed by atoms with Crippen molar-refractivity contribution in [3.8, 4) is 0 Å². The highest BCUT2D eigenvalue weighted by Gasteiger charge is 2.25. The summed E-state index contributed by atoms with van der Waals surface area (Å²) in [4.78, 5) is 2.53. The Labute approximate surface area is 101 Å². The molecule has 2 rings (SSSR count). The molecule has 0 saturated carbocycles. The lowest BCUT2D eigenvalue weighted by Crippen LogP contribution is -2.45. The molecular weight excluding hydrogens is 250 g/mol. The van der Waals surface area contributed by atoms with Crippen molar-refractivity contribution in [3.63, 3.8) is 0 Å². The summed E-state index contributed by atoms with van der Waals surface area (Å²) in [6.07, 6.45) is 2.73. The van der Waals surface area contributed by atoms with Gasteiger partial charge >= 0.3 is 0 Å². The number of benzene rings is 1. The Morgan fingerprint density at radius 2 is 1.93 bits per heavy atom. The monoisotopic (exact) mass is 267 g/mol. The predicted molar refractivity (Wildman–Crippen MR) is 67.8 cm³/mol. The van der Waals surface area contributed by atoms with E-state index >= 15 is 0 Å². The fourth-order valence-electron chi connectivity index (χ4n) is 2.24. The van der Waals surface area contributed by atoms with E-state index in [2.05, 4.69) is 52.0 Å². The maximum atomic E-state index is 3.46. The lowest BCUT2D eigenvalue weighted by Gasteiger charge is -2.39. The van der Waals surface area contributed by atoms with Crippen molar-refractivity contribution in [2.75, 3.05) is 13.1 Å². The van der Waals surface area contributed by atoms with Gasteiger partial charge in [0.05, 0.1) is 0 Å². The molecule has 0 unspecified atom stereocenters. The maximum Gasteiger partial charge on any atom is 0.0233 e. The number of halogens is 1. The van der Waals surface area contributed by atoms with Gasteiger partial charge in [-0.1, -0.05) is 41.4 Å². The fourth-order valence-corrected chi connectivity index (χ4v) is 2.51. The van der Waals surface area contributed by atoms with Crippen LogP contribution in [0.1, 0.15) is 25.3 Å². The minimum absolute atomic E-state index is 0.963. The van der Waals surface area contributed by atoms with Crippen LogP contribution in [0, 0.1) is 5.92 Å². The molecule has 0 radical (unpaired) electrons. The molecule has 1 aromatic rings. The molecule has 0 N–H and O–H groups in total. The molecule has 0 amide bonds. The van der Waals surface area contributed by atoms with Crippen molar-refractivity contribution in [2.24, 2.45) is 5.92 Å². The number of hydrogen-bond acceptors (Lipinski definition) is 1. The summed E-state index contributed by atoms with van der Waals surface area (Å²) in [6.45, 7) is 5.98. The molecule has 82 valence electrons. The zero-order valence-corrected chi connectivity index (χ0v) is 10.8. The van der Waals surface area contributed by atoms with Crippen molar-refractivity contribution >= 4 is 15.9 Å². The van der Waals surface area contributed by atoms with Crippen LogP contribution in [0.4, 0.5) is 0 Å². The second-order valence-corrected chi connectivity index (χ2v) is 5.39. The third-order valence-electron chi connectivity index (χ3n) is 3.05. The first-order valence-electron chi connectivity index (χ1n) is 5.74. The van der Waals surface area contributed by atoms with E-state index in [0.29, 0.717) is 0 Å². The minimum atomic E-state index is 0.963. The van der Waals surface area contributed by atoms with E-state index in [1.807, 2.05) is 0 Å². The highest BCUT2D eigenvalue weighted by molar-refractivity contribution is 9.10. The largest absolute Gasteiger partial charge is 0.298 e. The summed E-state index contributed by atoms with van der Waals surface area (Å²) in [7, 11) is 0. The standard InChI is InChI=1S/C13H18BrN/c1-2-3-12-9-15(10-12)8-11-4-6-13(14)7-5-11/h4-7,12H,2-3,8-10H2,1H3. The Morgan fingerprint density at radius 1 is 1.27 bits per heavy atom. The van der Waals surface area contributed by atoms with Gasteiger partial charge in [0.1, 0.15) is 0 Å². The normalized spacial score (nSPS) is 17.7. The van der Waals surface area contributed by atoms with Gasteiger partial charge in [-0.2, -0.15) is 0 Å². The van der Waals surface area contributed by atoms with Gasteiger partial charge in [-0.25, -0.2) is 0 Å². The van der Waals surface area contributed by atoms with E-state index in [9.17, 15) is 0 Å². The zero-order valence-electron chi connectivity index (χ0n) is 9.25. The molecule has 1 aromatic carbocycles. The van der Waals surface area contributed by atoms with Crippen LogP contribution in [0.5, 0.6) is 0 Å². The van der Waals surface area contributed by atoms with E-state index in [1.54, 1.807) is 0 Å². The number of nitrogens with zero attached hydrogens (tertiary/aromatic N) is 1. The average Bonchev–Trinajstić information content (AvgIpc) is 2.18. The van der Waals surface area contributed by atoms with Crippen LogP contribution in [-0.2, 0) is 6.54 Å². The third-order valence-corrected chi connectivity index (χ3v) is 3.58. The predicted octanol–water partition coefficient (Wildman–Crippen LogP) is 3.68. The summed E-state index contributed by atoms with van der Waals surface area (Å²) in [6, 6.07) is 8.66. The second-order valence-electron chi connectivity index (χ2n) is 4.48. The minimum Gasteiger partial charge on any atom is -0.298 e. The molecule has 15 heavy (non-hydrogen) atoms. The van der Waals surface area contributed by atoms with Crippen LogP contribution in [0.25, 0.3) is 0 Å². The Balaban J connectivity index is 1.77. The van der Waals surface area contributed by atoms with Gasteiger partial charge in [0.2, 0.25) is 0 Å². The summed E-state index contributed by atoms with van der Waals surface area (Å²) in [5.41, 5.74) is 1.42. The molecule has 0 spiro atoms. The summed E-state index contributed by atoms with van der Waals surface area (Å²) in [5.74, 6) is 0.963. The molecule has 0 aromatic heterocycles. The molecule has 1 aliphatic heterocycles. The maximum absolute atomic E-state index is 3.46. The van der Waals surface area contributed by atoms with Crippen LogP contribution < -0.4 is 0 Å². The van der Waals surface area contributed by atoms with E-state index in [0.717, 1.165) is 12.5 Å². The van der Waals surface area contributed by atoms with Crippen molar-refractivity contribution in [2.45, 2.75) is 26.3 Å². The molecule has 1 saturated heterocycles. The SMILES string of the molecule is CCCC1CN(Cc2ccc(Br)cc2)C1.